The van der Waals surface area contributed by atoms with Gasteiger partial charge in [0.15, 0.2) is 0 Å². The second-order valence-corrected chi connectivity index (χ2v) is 6.04. The Kier molecular flexibility index (Phi) is 4.00. The summed E-state index contributed by atoms with van der Waals surface area (Å²) in [7, 11) is 0. The highest BCUT2D eigenvalue weighted by molar-refractivity contribution is 7.80. The van der Waals surface area contributed by atoms with Gasteiger partial charge in [0.2, 0.25) is 0 Å². The zero-order valence-electron chi connectivity index (χ0n) is 11.1. The smallest absolute Gasteiger partial charge is 0.268 e. The first kappa shape index (κ1) is 13.5. The molecule has 1 aromatic rings. The van der Waals surface area contributed by atoms with Gasteiger partial charge in [-0.1, -0.05) is 13.8 Å². The predicted molar refractivity (Wildman–Crippen MR) is 77.6 cm³/mol. The van der Waals surface area contributed by atoms with E-state index in [1.807, 2.05) is 0 Å². The summed E-state index contributed by atoms with van der Waals surface area (Å²) in [5, 5.41) is 4.28. The predicted octanol–water partition coefficient (Wildman–Crippen LogP) is 1.80. The molecule has 0 amide bonds. The first-order valence-corrected chi connectivity index (χ1v) is 7.08. The molecule has 0 radical (unpaired) electrons. The lowest BCUT2D eigenvalue weighted by Crippen LogP contribution is -2.32. The number of anilines is 1. The molecule has 1 saturated heterocycles. The van der Waals surface area contributed by atoms with Crippen LogP contribution in [-0.2, 0) is 6.54 Å². The zero-order chi connectivity index (χ0) is 13.2. The Balaban J connectivity index is 2.17. The average Bonchev–Trinajstić information content (AvgIpc) is 2.85. The van der Waals surface area contributed by atoms with Crippen LogP contribution < -0.4 is 10.5 Å². The van der Waals surface area contributed by atoms with Crippen molar-refractivity contribution in [1.82, 2.24) is 9.78 Å². The molecule has 0 spiro atoms. The van der Waals surface area contributed by atoms with Crippen LogP contribution in [0.25, 0.3) is 0 Å². The molecule has 18 heavy (non-hydrogen) atoms. The van der Waals surface area contributed by atoms with E-state index in [4.69, 9.17) is 0 Å². The molecule has 1 aromatic heterocycles. The van der Waals surface area contributed by atoms with E-state index in [2.05, 4.69) is 36.5 Å². The first-order chi connectivity index (χ1) is 8.52. The van der Waals surface area contributed by atoms with Crippen LogP contribution in [0.1, 0.15) is 26.7 Å². The van der Waals surface area contributed by atoms with E-state index in [9.17, 15) is 4.79 Å². The number of rotatable bonds is 4. The van der Waals surface area contributed by atoms with Gasteiger partial charge in [-0.2, -0.15) is 17.7 Å². The van der Waals surface area contributed by atoms with E-state index in [-0.39, 0.29) is 11.0 Å². The number of nitrogens with zero attached hydrogens (tertiary/aromatic N) is 3. The Morgan fingerprint density at radius 1 is 1.39 bits per heavy atom. The number of thiol groups is 1. The minimum atomic E-state index is -0.0192. The molecule has 0 aliphatic carbocycles. The molecule has 2 heterocycles. The van der Waals surface area contributed by atoms with Gasteiger partial charge in [0.25, 0.3) is 5.56 Å². The summed E-state index contributed by atoms with van der Waals surface area (Å²) in [4.78, 5) is 14.3. The summed E-state index contributed by atoms with van der Waals surface area (Å²) >= 11 is 4.31. The van der Waals surface area contributed by atoms with Gasteiger partial charge in [0, 0.05) is 19.2 Å². The number of aromatic nitrogens is 2. The van der Waals surface area contributed by atoms with Crippen LogP contribution in [0.2, 0.25) is 0 Å². The summed E-state index contributed by atoms with van der Waals surface area (Å²) in [6.45, 7) is 6.85. The molecule has 5 heteroatoms. The molecule has 0 bridgehead atoms. The van der Waals surface area contributed by atoms with Gasteiger partial charge >= 0.3 is 0 Å². The van der Waals surface area contributed by atoms with E-state index in [0.717, 1.165) is 24.5 Å². The van der Waals surface area contributed by atoms with Gasteiger partial charge in [0.1, 0.15) is 0 Å². The van der Waals surface area contributed by atoms with Crippen molar-refractivity contribution in [1.29, 1.82) is 0 Å². The van der Waals surface area contributed by atoms with Crippen molar-refractivity contribution in [3.8, 4) is 0 Å². The first-order valence-electron chi connectivity index (χ1n) is 6.45. The fourth-order valence-corrected chi connectivity index (χ4v) is 2.25. The molecule has 4 nitrogen and oxygen atoms in total. The Morgan fingerprint density at radius 2 is 2.06 bits per heavy atom. The molecule has 100 valence electrons. The summed E-state index contributed by atoms with van der Waals surface area (Å²) in [6, 6.07) is 1.70. The van der Waals surface area contributed by atoms with Gasteiger partial charge in [-0.3, -0.25) is 4.79 Å². The fraction of sp³-hybridized carbons (Fsp3) is 0.692. The van der Waals surface area contributed by atoms with Crippen molar-refractivity contribution < 1.29 is 0 Å². The van der Waals surface area contributed by atoms with Crippen molar-refractivity contribution in [2.24, 2.45) is 5.41 Å². The van der Waals surface area contributed by atoms with E-state index < -0.39 is 0 Å². The van der Waals surface area contributed by atoms with Crippen LogP contribution in [0.4, 0.5) is 5.69 Å². The highest BCUT2D eigenvalue weighted by Crippen LogP contribution is 2.20. The topological polar surface area (TPSA) is 38.1 Å². The minimum absolute atomic E-state index is 0.0188. The van der Waals surface area contributed by atoms with E-state index in [1.165, 1.54) is 17.5 Å². The average molecular weight is 267 g/mol. The van der Waals surface area contributed by atoms with Crippen molar-refractivity contribution in [2.45, 2.75) is 33.2 Å². The van der Waals surface area contributed by atoms with Gasteiger partial charge in [-0.05, 0) is 24.0 Å². The third kappa shape index (κ3) is 3.07. The second kappa shape index (κ2) is 5.34. The quantitative estimate of drug-likeness (QED) is 0.845. The molecule has 0 N–H and O–H groups in total. The van der Waals surface area contributed by atoms with Crippen LogP contribution >= 0.6 is 12.6 Å². The maximum atomic E-state index is 12.0. The molecule has 0 atom stereocenters. The summed E-state index contributed by atoms with van der Waals surface area (Å²) in [5.74, 6) is 0.731. The van der Waals surface area contributed by atoms with Crippen molar-refractivity contribution >= 4 is 18.3 Å². The Hall–Kier alpha value is -0.970. The maximum absolute atomic E-state index is 12.0. The maximum Gasteiger partial charge on any atom is 0.268 e. The summed E-state index contributed by atoms with van der Waals surface area (Å²) < 4.78 is 1.54. The van der Waals surface area contributed by atoms with Gasteiger partial charge in [-0.15, -0.1) is 0 Å². The zero-order valence-corrected chi connectivity index (χ0v) is 12.0. The van der Waals surface area contributed by atoms with Crippen LogP contribution in [0, 0.1) is 5.41 Å². The van der Waals surface area contributed by atoms with Gasteiger partial charge in [-0.25, -0.2) is 4.68 Å². The SMILES string of the molecule is CC(C)(CS)Cn1ncc(N2CCCC2)cc1=O. The molecular formula is C13H21N3OS. The number of hydrogen-bond donors (Lipinski definition) is 1. The Morgan fingerprint density at radius 3 is 2.61 bits per heavy atom. The summed E-state index contributed by atoms with van der Waals surface area (Å²) in [5.41, 5.74) is 0.918. The van der Waals surface area contributed by atoms with E-state index in [0.29, 0.717) is 6.54 Å². The molecule has 0 aromatic carbocycles. The normalized spacial score (nSPS) is 16.3. The van der Waals surface area contributed by atoms with Gasteiger partial charge in [0.05, 0.1) is 18.4 Å². The molecule has 0 unspecified atom stereocenters. The molecule has 1 aliphatic rings. The van der Waals surface area contributed by atoms with Crippen molar-refractivity contribution in [3.05, 3.63) is 22.6 Å². The lowest BCUT2D eigenvalue weighted by molar-refractivity contribution is 0.325. The van der Waals surface area contributed by atoms with Crippen molar-refractivity contribution in [2.75, 3.05) is 23.7 Å². The third-order valence-corrected chi connectivity index (χ3v) is 4.19. The fourth-order valence-electron chi connectivity index (χ4n) is 2.15. The lowest BCUT2D eigenvalue weighted by atomic mass is 9.97. The minimum Gasteiger partial charge on any atom is -0.370 e. The molecule has 1 aliphatic heterocycles. The molecule has 2 rings (SSSR count). The van der Waals surface area contributed by atoms with E-state index >= 15 is 0 Å². The monoisotopic (exact) mass is 267 g/mol. The second-order valence-electron chi connectivity index (χ2n) is 5.73. The third-order valence-electron chi connectivity index (χ3n) is 3.33. The Labute approximate surface area is 113 Å². The van der Waals surface area contributed by atoms with Crippen molar-refractivity contribution in [3.63, 3.8) is 0 Å². The Bertz CT molecular complexity index is 464. The largest absolute Gasteiger partial charge is 0.370 e. The van der Waals surface area contributed by atoms with Gasteiger partial charge < -0.3 is 4.90 Å². The lowest BCUT2D eigenvalue weighted by Gasteiger charge is -2.23. The van der Waals surface area contributed by atoms with E-state index in [1.54, 1.807) is 12.3 Å². The van der Waals surface area contributed by atoms with Crippen LogP contribution in [-0.4, -0.2) is 28.6 Å². The standard InChI is InChI=1S/C13H21N3OS/c1-13(2,10-18)9-16-12(17)7-11(8-14-16)15-5-3-4-6-15/h7-8,18H,3-6,9-10H2,1-2H3. The molecular weight excluding hydrogens is 246 g/mol. The summed E-state index contributed by atoms with van der Waals surface area (Å²) in [6.07, 6.45) is 4.22. The highest BCUT2D eigenvalue weighted by Gasteiger charge is 2.19. The number of hydrogen-bond acceptors (Lipinski definition) is 4. The van der Waals surface area contributed by atoms with Crippen LogP contribution in [0.15, 0.2) is 17.1 Å². The molecule has 0 saturated carbocycles. The van der Waals surface area contributed by atoms with Crippen LogP contribution in [0.3, 0.4) is 0 Å². The molecule has 1 fully saturated rings. The highest BCUT2D eigenvalue weighted by atomic mass is 32.1. The van der Waals surface area contributed by atoms with Crippen LogP contribution in [0.5, 0.6) is 0 Å².